The number of carbonyl (C=O) groups excluding carboxylic acids is 2. The van der Waals surface area contributed by atoms with Gasteiger partial charge >= 0.3 is 6.09 Å². The standard InChI is InChI=1S/C32H32N2O7/c1-37-30-16-23(7-8-29(30)31-18-33-21-40-31)12-26(35)13-24-11-25(17-34-32(36)41-27-9-10-38-20-27)15-28(14-24)39-19-22-5-3-2-4-6-22/h2-8,11,14-16,18,21,27H,9-10,12-13,17,19-20H2,1H3,(H,34,36)/t27-/m0/s1. The second kappa shape index (κ2) is 13.6. The molecule has 0 bridgehead atoms. The zero-order valence-electron chi connectivity index (χ0n) is 22.8. The van der Waals surface area contributed by atoms with Crippen LogP contribution in [-0.2, 0) is 40.3 Å². The predicted octanol–water partition coefficient (Wildman–Crippen LogP) is 5.30. The summed E-state index contributed by atoms with van der Waals surface area (Å²) in [5.41, 5.74) is 4.21. The van der Waals surface area contributed by atoms with Gasteiger partial charge in [0.15, 0.2) is 12.2 Å². The van der Waals surface area contributed by atoms with Gasteiger partial charge in [-0.3, -0.25) is 4.79 Å². The van der Waals surface area contributed by atoms with Gasteiger partial charge < -0.3 is 28.7 Å². The molecule has 0 unspecified atom stereocenters. The van der Waals surface area contributed by atoms with Gasteiger partial charge in [0.1, 0.15) is 30.0 Å². The highest BCUT2D eigenvalue weighted by Gasteiger charge is 2.20. The predicted molar refractivity (Wildman–Crippen MR) is 151 cm³/mol. The van der Waals surface area contributed by atoms with Crippen molar-refractivity contribution in [3.05, 3.63) is 102 Å². The van der Waals surface area contributed by atoms with Crippen LogP contribution in [0.15, 0.2) is 83.7 Å². The number of hydrogen-bond donors (Lipinski definition) is 1. The van der Waals surface area contributed by atoms with E-state index in [1.807, 2.05) is 66.7 Å². The molecule has 9 heteroatoms. The summed E-state index contributed by atoms with van der Waals surface area (Å²) in [6, 6.07) is 21.1. The van der Waals surface area contributed by atoms with Crippen LogP contribution in [0.25, 0.3) is 11.3 Å². The topological polar surface area (TPSA) is 109 Å². The molecular weight excluding hydrogens is 524 g/mol. The first kappa shape index (κ1) is 27.9. The monoisotopic (exact) mass is 556 g/mol. The normalized spacial score (nSPS) is 14.4. The first-order valence-corrected chi connectivity index (χ1v) is 13.4. The van der Waals surface area contributed by atoms with Crippen molar-refractivity contribution in [3.8, 4) is 22.8 Å². The highest BCUT2D eigenvalue weighted by atomic mass is 16.6. The fourth-order valence-corrected chi connectivity index (χ4v) is 4.65. The largest absolute Gasteiger partial charge is 0.496 e. The maximum absolute atomic E-state index is 13.1. The van der Waals surface area contributed by atoms with E-state index >= 15 is 0 Å². The number of aromatic nitrogens is 1. The molecule has 0 spiro atoms. The summed E-state index contributed by atoms with van der Waals surface area (Å²) in [6.45, 7) is 1.62. The lowest BCUT2D eigenvalue weighted by Crippen LogP contribution is -2.28. The fourth-order valence-electron chi connectivity index (χ4n) is 4.65. The number of carbonyl (C=O) groups is 2. The number of alkyl carbamates (subject to hydrolysis) is 1. The summed E-state index contributed by atoms with van der Waals surface area (Å²) >= 11 is 0. The number of nitrogens with one attached hydrogen (secondary N) is 1. The maximum Gasteiger partial charge on any atom is 0.407 e. The summed E-state index contributed by atoms with van der Waals surface area (Å²) in [5, 5.41) is 2.79. The van der Waals surface area contributed by atoms with E-state index in [0.29, 0.717) is 43.5 Å². The van der Waals surface area contributed by atoms with Gasteiger partial charge in [-0.15, -0.1) is 0 Å². The molecule has 1 atom stereocenters. The summed E-state index contributed by atoms with van der Waals surface area (Å²) in [4.78, 5) is 29.4. The number of ketones is 1. The Balaban J connectivity index is 1.27. The number of ether oxygens (including phenoxy) is 4. The minimum atomic E-state index is -0.503. The molecule has 3 aromatic carbocycles. The molecule has 1 fully saturated rings. The molecule has 1 aromatic heterocycles. The van der Waals surface area contributed by atoms with E-state index in [0.717, 1.165) is 27.8 Å². The lowest BCUT2D eigenvalue weighted by Gasteiger charge is -2.14. The van der Waals surface area contributed by atoms with Crippen molar-refractivity contribution in [2.75, 3.05) is 20.3 Å². The first-order valence-electron chi connectivity index (χ1n) is 13.4. The molecule has 212 valence electrons. The highest BCUT2D eigenvalue weighted by Crippen LogP contribution is 2.31. The van der Waals surface area contributed by atoms with Crippen LogP contribution >= 0.6 is 0 Å². The van der Waals surface area contributed by atoms with E-state index < -0.39 is 6.09 Å². The SMILES string of the molecule is COc1cc(CC(=O)Cc2cc(CNC(=O)O[C@H]3CCOC3)cc(OCc3ccccc3)c2)ccc1-c1cnco1. The number of benzene rings is 3. The summed E-state index contributed by atoms with van der Waals surface area (Å²) < 4.78 is 27.6. The molecule has 0 saturated carbocycles. The number of rotatable bonds is 12. The first-order chi connectivity index (χ1) is 20.1. The van der Waals surface area contributed by atoms with Gasteiger partial charge in [0, 0.05) is 25.8 Å². The molecular formula is C32H32N2O7. The molecule has 5 rings (SSSR count). The van der Waals surface area contributed by atoms with Crippen LogP contribution in [0.3, 0.4) is 0 Å². The summed E-state index contributed by atoms with van der Waals surface area (Å²) in [7, 11) is 1.58. The van der Waals surface area contributed by atoms with Crippen LogP contribution in [0, 0.1) is 0 Å². The second-order valence-corrected chi connectivity index (χ2v) is 9.80. The quantitative estimate of drug-likeness (QED) is 0.250. The van der Waals surface area contributed by atoms with Crippen LogP contribution in [0.5, 0.6) is 11.5 Å². The van der Waals surface area contributed by atoms with Gasteiger partial charge in [-0.25, -0.2) is 9.78 Å². The number of Topliss-reactive ketones (excluding diaryl/α,β-unsaturated/α-hetero) is 1. The number of oxazole rings is 1. The Morgan fingerprint density at radius 2 is 1.80 bits per heavy atom. The van der Waals surface area contributed by atoms with E-state index in [4.69, 9.17) is 23.4 Å². The average molecular weight is 557 g/mol. The third-order valence-corrected chi connectivity index (χ3v) is 6.64. The third-order valence-electron chi connectivity index (χ3n) is 6.64. The zero-order chi connectivity index (χ0) is 28.4. The van der Waals surface area contributed by atoms with E-state index in [1.54, 1.807) is 13.3 Å². The maximum atomic E-state index is 13.1. The van der Waals surface area contributed by atoms with E-state index in [2.05, 4.69) is 10.3 Å². The van der Waals surface area contributed by atoms with E-state index in [9.17, 15) is 9.59 Å². The number of amides is 1. The van der Waals surface area contributed by atoms with Gasteiger partial charge in [-0.1, -0.05) is 42.5 Å². The van der Waals surface area contributed by atoms with Crippen molar-refractivity contribution in [2.24, 2.45) is 0 Å². The minimum absolute atomic E-state index is 0.0271. The Hall–Kier alpha value is -4.63. The van der Waals surface area contributed by atoms with Gasteiger partial charge in [-0.05, 0) is 46.5 Å². The Morgan fingerprint density at radius 3 is 2.56 bits per heavy atom. The van der Waals surface area contributed by atoms with E-state index in [-0.39, 0.29) is 31.3 Å². The number of nitrogens with zero attached hydrogens (tertiary/aromatic N) is 1. The Labute approximate surface area is 238 Å². The van der Waals surface area contributed by atoms with E-state index in [1.165, 1.54) is 6.39 Å². The molecule has 0 radical (unpaired) electrons. The molecule has 41 heavy (non-hydrogen) atoms. The van der Waals surface area contributed by atoms with Gasteiger partial charge in [0.25, 0.3) is 0 Å². The van der Waals surface area contributed by atoms with Crippen LogP contribution in [0.1, 0.15) is 28.7 Å². The Bertz CT molecular complexity index is 1450. The molecule has 1 aliphatic rings. The summed E-state index contributed by atoms with van der Waals surface area (Å²) in [6.07, 6.45) is 3.36. The average Bonchev–Trinajstić information content (AvgIpc) is 3.70. The zero-order valence-corrected chi connectivity index (χ0v) is 22.8. The third kappa shape index (κ3) is 7.95. The van der Waals surface area contributed by atoms with Crippen molar-refractivity contribution in [3.63, 3.8) is 0 Å². The second-order valence-electron chi connectivity index (χ2n) is 9.80. The van der Waals surface area contributed by atoms with Gasteiger partial charge in [0.2, 0.25) is 0 Å². The van der Waals surface area contributed by atoms with Crippen LogP contribution in [-0.4, -0.2) is 43.3 Å². The van der Waals surface area contributed by atoms with Crippen molar-refractivity contribution in [2.45, 2.75) is 38.5 Å². The molecule has 2 heterocycles. The molecule has 1 amide bonds. The molecule has 1 aliphatic heterocycles. The fraction of sp³-hybridized carbons (Fsp3) is 0.281. The van der Waals surface area contributed by atoms with Crippen molar-refractivity contribution in [1.82, 2.24) is 10.3 Å². The van der Waals surface area contributed by atoms with Crippen LogP contribution < -0.4 is 14.8 Å². The van der Waals surface area contributed by atoms with Crippen molar-refractivity contribution < 1.29 is 33.0 Å². The number of hydrogen-bond acceptors (Lipinski definition) is 8. The van der Waals surface area contributed by atoms with Crippen LogP contribution in [0.2, 0.25) is 0 Å². The van der Waals surface area contributed by atoms with Gasteiger partial charge in [-0.2, -0.15) is 0 Å². The van der Waals surface area contributed by atoms with Crippen LogP contribution in [0.4, 0.5) is 4.79 Å². The van der Waals surface area contributed by atoms with Gasteiger partial charge in [0.05, 0.1) is 32.1 Å². The summed E-state index contributed by atoms with van der Waals surface area (Å²) in [5.74, 6) is 1.84. The Morgan fingerprint density at radius 1 is 0.976 bits per heavy atom. The Kier molecular flexibility index (Phi) is 9.28. The smallest absolute Gasteiger partial charge is 0.407 e. The molecule has 4 aromatic rings. The van der Waals surface area contributed by atoms with Crippen molar-refractivity contribution in [1.29, 1.82) is 0 Å². The molecule has 1 N–H and O–H groups in total. The highest BCUT2D eigenvalue weighted by molar-refractivity contribution is 5.83. The minimum Gasteiger partial charge on any atom is -0.496 e. The lowest BCUT2D eigenvalue weighted by molar-refractivity contribution is -0.117. The van der Waals surface area contributed by atoms with Crippen molar-refractivity contribution >= 4 is 11.9 Å². The number of methoxy groups -OCH3 is 1. The molecule has 0 aliphatic carbocycles. The molecule has 1 saturated heterocycles. The molecule has 9 nitrogen and oxygen atoms in total. The lowest BCUT2D eigenvalue weighted by atomic mass is 9.99.